The normalized spacial score (nSPS) is 28.6. The van der Waals surface area contributed by atoms with Gasteiger partial charge in [-0.25, -0.2) is 38.2 Å². The molecule has 6 aromatic rings. The number of nitrogens with zero attached hydrogens (tertiary/aromatic N) is 10. The minimum Gasteiger partial charge on any atom is -0.387 e. The topological polar surface area (TPSA) is 562 Å². The van der Waals surface area contributed by atoms with Crippen molar-refractivity contribution in [3.63, 3.8) is 0 Å². The summed E-state index contributed by atoms with van der Waals surface area (Å²) in [6.07, 6.45) is -8.95. The smallest absolute Gasteiger partial charge is 0.387 e. The van der Waals surface area contributed by atoms with Crippen LogP contribution in [0.5, 0.6) is 0 Å². The summed E-state index contributed by atoms with van der Waals surface area (Å²) < 4.78 is 107. The lowest BCUT2D eigenvalue weighted by atomic mass is 9.94. The van der Waals surface area contributed by atoms with Gasteiger partial charge in [-0.05, 0) is 6.42 Å². The van der Waals surface area contributed by atoms with E-state index in [-0.39, 0.29) is 57.8 Å². The maximum Gasteiger partial charge on any atom is 0.490 e. The number of carbonyl (C=O) groups excluding carboxylic acids is 1. The number of aromatic amines is 2. The van der Waals surface area contributed by atoms with Crippen LogP contribution in [0.15, 0.2) is 34.9 Å². The number of ether oxygens (including phenoxy) is 4. The highest BCUT2D eigenvalue weighted by Crippen LogP contribution is 2.68. The summed E-state index contributed by atoms with van der Waals surface area (Å²) in [5, 5.41) is 36.4. The first-order valence-corrected chi connectivity index (χ1v) is 31.1. The zero-order valence-corrected chi connectivity index (χ0v) is 47.3. The number of methoxy groups -OCH3 is 1. The number of nitrogen functional groups attached to an aromatic ring is 3. The van der Waals surface area contributed by atoms with Gasteiger partial charge in [-0.2, -0.15) is 13.6 Å². The largest absolute Gasteiger partial charge is 0.490 e. The molecule has 9 heterocycles. The van der Waals surface area contributed by atoms with Crippen molar-refractivity contribution < 1.29 is 104 Å². The van der Waals surface area contributed by atoms with Crippen LogP contribution in [0.4, 0.5) is 17.7 Å². The molecule has 4 unspecified atom stereocenters. The van der Waals surface area contributed by atoms with Crippen molar-refractivity contribution in [3.8, 4) is 0 Å². The Hall–Kier alpha value is -5.60. The number of phosphoric acid groups is 3. The van der Waals surface area contributed by atoms with Crippen LogP contribution >= 0.6 is 31.1 Å². The first-order chi connectivity index (χ1) is 39.1. The maximum absolute atomic E-state index is 14.5. The van der Waals surface area contributed by atoms with Crippen molar-refractivity contribution in [1.29, 1.82) is 0 Å². The second-order valence-electron chi connectivity index (χ2n) is 19.3. The van der Waals surface area contributed by atoms with Crippen molar-refractivity contribution in [2.75, 3.05) is 50.7 Å². The Morgan fingerprint density at radius 3 is 2.06 bits per heavy atom. The first-order valence-electron chi connectivity index (χ1n) is 25.0. The van der Waals surface area contributed by atoms with Gasteiger partial charge < -0.3 is 80.9 Å². The lowest BCUT2D eigenvalue weighted by molar-refractivity contribution is -0.745. The molecule has 3 fully saturated rings. The number of nitrogens with two attached hydrogens (primary N) is 3. The van der Waals surface area contributed by atoms with Crippen LogP contribution in [0.25, 0.3) is 33.5 Å². The summed E-state index contributed by atoms with van der Waals surface area (Å²) >= 11 is 0. The molecule has 456 valence electrons. The van der Waals surface area contributed by atoms with E-state index in [4.69, 9.17) is 49.7 Å². The number of hydrogen-bond donors (Lipinski definition) is 13. The van der Waals surface area contributed by atoms with Gasteiger partial charge in [0.25, 0.3) is 17.1 Å². The Morgan fingerprint density at radius 1 is 0.747 bits per heavy atom. The molecule has 3 saturated heterocycles. The van der Waals surface area contributed by atoms with E-state index in [9.17, 15) is 67.5 Å². The summed E-state index contributed by atoms with van der Waals surface area (Å²) in [4.78, 5) is 111. The van der Waals surface area contributed by atoms with E-state index < -0.39 is 147 Å². The molecule has 0 saturated carbocycles. The van der Waals surface area contributed by atoms with Crippen LogP contribution in [0.2, 0.25) is 0 Å². The van der Waals surface area contributed by atoms with Crippen molar-refractivity contribution in [2.24, 2.45) is 13.0 Å². The summed E-state index contributed by atoms with van der Waals surface area (Å²) in [6.45, 7) is -1.06. The Bertz CT molecular complexity index is 3700. The molecule has 43 heteroatoms. The third-order valence-electron chi connectivity index (χ3n) is 13.7. The van der Waals surface area contributed by atoms with E-state index in [1.807, 2.05) is 6.92 Å². The molecule has 0 aliphatic carbocycles. The summed E-state index contributed by atoms with van der Waals surface area (Å²) in [5.41, 5.74) is 13.7. The molecule has 0 spiro atoms. The van der Waals surface area contributed by atoms with Crippen LogP contribution in [0.1, 0.15) is 57.7 Å². The number of aryl methyl sites for hydroxylation is 1. The van der Waals surface area contributed by atoms with Crippen LogP contribution in [0, 0.1) is 5.92 Å². The second kappa shape index (κ2) is 24.4. The average molecular weight is 1260 g/mol. The molecule has 6 aromatic heterocycles. The molecule has 16 atom stereocenters. The Kier molecular flexibility index (Phi) is 18.2. The van der Waals surface area contributed by atoms with Crippen LogP contribution < -0.4 is 38.2 Å². The van der Waals surface area contributed by atoms with Gasteiger partial charge in [0.1, 0.15) is 54.1 Å². The number of rotatable bonds is 25. The van der Waals surface area contributed by atoms with Crippen molar-refractivity contribution in [3.05, 3.63) is 46.0 Å². The molecular weight excluding hydrogens is 1200 g/mol. The van der Waals surface area contributed by atoms with Crippen LogP contribution in [-0.4, -0.2) is 176 Å². The maximum atomic E-state index is 14.5. The van der Waals surface area contributed by atoms with Gasteiger partial charge in [-0.1, -0.05) is 31.2 Å². The number of nitrogens with one attached hydrogen (secondary N) is 3. The monoisotopic (exact) mass is 1260 g/mol. The number of aromatic nitrogens is 12. The minimum absolute atomic E-state index is 0.00348. The fourth-order valence-electron chi connectivity index (χ4n) is 9.90. The molecule has 16 N–H and O–H groups in total. The molecule has 9 rings (SSSR count). The third kappa shape index (κ3) is 13.1. The number of imidazole rings is 3. The van der Waals surface area contributed by atoms with Gasteiger partial charge in [-0.3, -0.25) is 51.7 Å². The number of amides is 1. The Morgan fingerprint density at radius 2 is 1.37 bits per heavy atom. The van der Waals surface area contributed by atoms with Crippen molar-refractivity contribution in [1.82, 2.24) is 58.9 Å². The second-order valence-corrected chi connectivity index (χ2v) is 25.9. The standard InChI is InChI=1S/C40H58N16O23P4/c1-4-5-6-7-8-44-21(57)9-17-18(75-36(25(17)58)56-16-53(2)24-33(56)50-40(43)52-35(24)62)10-73-81(65,66)78-83(69,70)79-82(67,68)74-12-20-29(28(71-3)38(77-20)54-14-47-22-30(41)45-13-46-31(22)54)80(63,64)72-11-19-26(59)27(60)37(76-19)55-15-48-23-32(55)49-39(42)51-34(23)61/h13-20,25-29,36-38,58-60H,4-12H2,1-3H3,(H12-,41,42,43,44,45,46,49,50,51,52,57,61,62,63,64,65,66,67,68,69,70)/p+1/t17-,18-,19-,20-,25-,26-,27-,28-,29-,36-,37-,38-/m1/s1. The molecule has 0 radical (unpaired) electrons. The highest BCUT2D eigenvalue weighted by Gasteiger charge is 2.58. The molecular formula is C40H59N16O23P4+. The van der Waals surface area contributed by atoms with E-state index in [0.29, 0.717) is 6.42 Å². The molecule has 0 aromatic carbocycles. The van der Waals surface area contributed by atoms with Gasteiger partial charge in [0.15, 0.2) is 41.4 Å². The van der Waals surface area contributed by atoms with Gasteiger partial charge in [0.2, 0.25) is 23.6 Å². The highest BCUT2D eigenvalue weighted by atomic mass is 31.3. The van der Waals surface area contributed by atoms with Gasteiger partial charge in [-0.15, -0.1) is 0 Å². The predicted molar refractivity (Wildman–Crippen MR) is 277 cm³/mol. The number of H-pyrrole nitrogens is 2. The number of anilines is 3. The number of unbranched alkanes of at least 4 members (excludes halogenated alkanes) is 3. The fraction of sp³-hybridized carbons (Fsp3) is 0.600. The van der Waals surface area contributed by atoms with E-state index >= 15 is 0 Å². The summed E-state index contributed by atoms with van der Waals surface area (Å²) in [5.74, 6) is -2.53. The number of aliphatic hydroxyl groups excluding tert-OH is 3. The van der Waals surface area contributed by atoms with E-state index in [2.05, 4.69) is 53.8 Å². The lowest BCUT2D eigenvalue weighted by Gasteiger charge is -2.28. The molecule has 39 nitrogen and oxygen atoms in total. The van der Waals surface area contributed by atoms with Crippen molar-refractivity contribution in [2.45, 2.75) is 106 Å². The van der Waals surface area contributed by atoms with E-state index in [1.165, 1.54) is 27.1 Å². The first kappa shape index (κ1) is 61.9. The number of phosphoric ester groups is 2. The fourth-order valence-corrected chi connectivity index (χ4v) is 15.2. The molecule has 3 aliphatic heterocycles. The van der Waals surface area contributed by atoms with E-state index in [1.54, 1.807) is 0 Å². The van der Waals surface area contributed by atoms with Gasteiger partial charge >= 0.3 is 36.7 Å². The summed E-state index contributed by atoms with van der Waals surface area (Å²) in [6, 6.07) is 0. The molecule has 3 aliphatic rings. The number of aliphatic hydroxyl groups is 3. The molecule has 0 bridgehead atoms. The van der Waals surface area contributed by atoms with Crippen molar-refractivity contribution >= 4 is 88.2 Å². The van der Waals surface area contributed by atoms with Gasteiger partial charge in [0.05, 0.1) is 45.6 Å². The average Bonchev–Trinajstić information content (AvgIpc) is 2.60. The third-order valence-corrected chi connectivity index (χ3v) is 19.8. The van der Waals surface area contributed by atoms with Crippen LogP contribution in [0.3, 0.4) is 0 Å². The van der Waals surface area contributed by atoms with Gasteiger partial charge in [0, 0.05) is 26.0 Å². The van der Waals surface area contributed by atoms with Crippen LogP contribution in [-0.2, 0) is 71.2 Å². The Balaban J connectivity index is 0.890. The minimum atomic E-state index is -6.26. The predicted octanol–water partition coefficient (Wildman–Crippen LogP) is -2.30. The quantitative estimate of drug-likeness (QED) is 0.0163. The molecule has 1 amide bonds. The lowest BCUT2D eigenvalue weighted by Crippen LogP contribution is -2.45. The summed E-state index contributed by atoms with van der Waals surface area (Å²) in [7, 11) is -21.0. The number of carbonyl (C=O) groups is 1. The highest BCUT2D eigenvalue weighted by molar-refractivity contribution is 7.66. The number of hydrogen-bond acceptors (Lipinski definition) is 28. The zero-order chi connectivity index (χ0) is 60.1. The Labute approximate surface area is 465 Å². The number of fused-ring (bicyclic) bond motifs is 3. The zero-order valence-electron chi connectivity index (χ0n) is 43.8. The SMILES string of the molecule is CCCCCCNC(=O)C[C@H]1[C@@H](O)[C@H]([n+]2cn(C)c3c(=O)[nH]c(N)nc32)O[C@@H]1COP(=O)(O)OP(=O)(O)OP(=O)(O)OC[C@H]1O[C@@H](n2cnc3c(N)ncnc32)[C@H](OC)[C@@H]1P(=O)(O)OC[C@H]1O[C@@H](n2cnc3c(=O)[nH]c(N)nc32)[C@H](O)[C@@H]1O. The molecule has 83 heavy (non-hydrogen) atoms. The van der Waals surface area contributed by atoms with E-state index in [0.717, 1.165) is 49.9 Å².